The van der Waals surface area contributed by atoms with E-state index >= 15 is 0 Å². The molecule has 1 atom stereocenters. The molecule has 3 heterocycles. The van der Waals surface area contributed by atoms with Gasteiger partial charge in [0, 0.05) is 41.9 Å². The monoisotopic (exact) mass is 485 g/mol. The van der Waals surface area contributed by atoms with Gasteiger partial charge in [0.2, 0.25) is 0 Å². The van der Waals surface area contributed by atoms with Crippen molar-refractivity contribution in [2.24, 2.45) is 0 Å². The summed E-state index contributed by atoms with van der Waals surface area (Å²) in [6.45, 7) is 4.07. The zero-order valence-corrected chi connectivity index (χ0v) is 20.9. The summed E-state index contributed by atoms with van der Waals surface area (Å²) in [6, 6.07) is 27.6. The summed E-state index contributed by atoms with van der Waals surface area (Å²) in [5, 5.41) is 6.97. The van der Waals surface area contributed by atoms with Crippen LogP contribution >= 0.6 is 0 Å². The number of para-hydroxylation sites is 1. The van der Waals surface area contributed by atoms with Gasteiger partial charge in [-0.3, -0.25) is 14.5 Å². The molecular weight excluding hydrogens is 458 g/mol. The van der Waals surface area contributed by atoms with Crippen molar-refractivity contribution >= 4 is 16.6 Å². The van der Waals surface area contributed by atoms with Gasteiger partial charge in [0.1, 0.15) is 17.5 Å². The second kappa shape index (κ2) is 9.51. The summed E-state index contributed by atoms with van der Waals surface area (Å²) >= 11 is 0. The van der Waals surface area contributed by atoms with Gasteiger partial charge in [-0.25, -0.2) is 0 Å². The van der Waals surface area contributed by atoms with Crippen molar-refractivity contribution in [3.8, 4) is 11.5 Å². The molecule has 182 valence electrons. The second-order valence-electron chi connectivity index (χ2n) is 9.64. The number of Topliss-reactive ketones (excluding diaryl/α,β-unsaturated/α-hetero) is 1. The summed E-state index contributed by atoms with van der Waals surface area (Å²) in [5.74, 6) is 1.62. The van der Waals surface area contributed by atoms with Crippen molar-refractivity contribution in [3.05, 3.63) is 131 Å². The largest absolute Gasteiger partial charge is 0.457 e. The van der Waals surface area contributed by atoms with Crippen LogP contribution in [0.1, 0.15) is 35.5 Å². The number of hydrogen-bond donors (Lipinski definition) is 0. The van der Waals surface area contributed by atoms with Crippen LogP contribution in [0.15, 0.2) is 108 Å². The highest BCUT2D eigenvalue weighted by Crippen LogP contribution is 2.38. The molecule has 0 spiro atoms. The predicted octanol–water partition coefficient (Wildman–Crippen LogP) is 6.81. The minimum Gasteiger partial charge on any atom is -0.457 e. The smallest absolute Gasteiger partial charge is 0.165 e. The molecule has 5 aromatic rings. The maximum atomic E-state index is 13.9. The van der Waals surface area contributed by atoms with Crippen molar-refractivity contribution in [2.45, 2.75) is 32.7 Å². The van der Waals surface area contributed by atoms with Crippen LogP contribution in [-0.4, -0.2) is 20.5 Å². The molecule has 1 aliphatic heterocycles. The number of benzene rings is 3. The molecule has 3 aromatic carbocycles. The van der Waals surface area contributed by atoms with E-state index in [1.165, 1.54) is 0 Å². The number of fused-ring (bicyclic) bond motifs is 2. The van der Waals surface area contributed by atoms with Gasteiger partial charge in [-0.05, 0) is 66.8 Å². The van der Waals surface area contributed by atoms with Crippen LogP contribution in [0, 0.1) is 6.92 Å². The van der Waals surface area contributed by atoms with Crippen LogP contribution in [0.4, 0.5) is 0 Å². The average molecular weight is 486 g/mol. The number of nitrogens with zero attached hydrogens (tertiary/aromatic N) is 3. The fourth-order valence-corrected chi connectivity index (χ4v) is 5.24. The normalized spacial score (nSPS) is 15.0. The first-order valence-corrected chi connectivity index (χ1v) is 12.5. The van der Waals surface area contributed by atoms with E-state index in [4.69, 9.17) is 9.84 Å². The average Bonchev–Trinajstić information content (AvgIpc) is 3.28. The van der Waals surface area contributed by atoms with E-state index in [1.807, 2.05) is 84.5 Å². The molecule has 1 unspecified atom stereocenters. The number of carbonyl (C=O) groups excluding carboxylic acids is 1. The zero-order valence-electron chi connectivity index (χ0n) is 20.9. The van der Waals surface area contributed by atoms with Crippen molar-refractivity contribution in [2.75, 3.05) is 0 Å². The molecule has 1 aliphatic rings. The third-order valence-corrected chi connectivity index (χ3v) is 6.88. The molecule has 0 saturated carbocycles. The van der Waals surface area contributed by atoms with Crippen LogP contribution < -0.4 is 4.74 Å². The lowest BCUT2D eigenvalue weighted by Crippen LogP contribution is -2.28. The third kappa shape index (κ3) is 4.56. The number of ketones is 1. The van der Waals surface area contributed by atoms with Crippen LogP contribution in [0.25, 0.3) is 10.8 Å². The number of pyridine rings is 1. The lowest BCUT2D eigenvalue weighted by molar-refractivity contribution is -0.115. The predicted molar refractivity (Wildman–Crippen MR) is 145 cm³/mol. The lowest BCUT2D eigenvalue weighted by Gasteiger charge is -2.29. The Morgan fingerprint density at radius 3 is 2.62 bits per heavy atom. The van der Waals surface area contributed by atoms with E-state index in [2.05, 4.69) is 30.1 Å². The lowest BCUT2D eigenvalue weighted by atomic mass is 9.85. The Kier molecular flexibility index (Phi) is 5.89. The van der Waals surface area contributed by atoms with E-state index in [1.54, 1.807) is 6.20 Å². The van der Waals surface area contributed by atoms with Crippen molar-refractivity contribution < 1.29 is 9.53 Å². The minimum absolute atomic E-state index is 0.115. The second-order valence-corrected chi connectivity index (χ2v) is 9.64. The first-order chi connectivity index (χ1) is 18.0. The van der Waals surface area contributed by atoms with E-state index in [0.29, 0.717) is 12.8 Å². The zero-order chi connectivity index (χ0) is 25.4. The van der Waals surface area contributed by atoms with Crippen molar-refractivity contribution in [1.82, 2.24) is 14.8 Å². The van der Waals surface area contributed by atoms with Crippen molar-refractivity contribution in [1.29, 1.82) is 0 Å². The van der Waals surface area contributed by atoms with Crippen LogP contribution in [0.5, 0.6) is 11.5 Å². The van der Waals surface area contributed by atoms with E-state index in [-0.39, 0.29) is 11.8 Å². The number of aryl methyl sites for hydroxylation is 1. The van der Waals surface area contributed by atoms with Gasteiger partial charge >= 0.3 is 0 Å². The first-order valence-electron chi connectivity index (χ1n) is 12.5. The summed E-state index contributed by atoms with van der Waals surface area (Å²) in [7, 11) is 0. The quantitative estimate of drug-likeness (QED) is 0.265. The molecule has 37 heavy (non-hydrogen) atoms. The Balaban J connectivity index is 1.38. The van der Waals surface area contributed by atoms with E-state index < -0.39 is 0 Å². The summed E-state index contributed by atoms with van der Waals surface area (Å²) in [6.07, 6.45) is 4.67. The standard InChI is InChI=1S/C32H27N3O2/c1-21-15-27-16-22(2)34-35(27)32(25-7-6-10-29(19-25)37-28-8-4-3-5-9-28)31(21)30(36)18-23-11-12-26-20-33-14-13-24(26)17-23/h3-14,16-17,19-20,32H,15,18H2,1-2H3. The highest BCUT2D eigenvalue weighted by Gasteiger charge is 2.33. The van der Waals surface area contributed by atoms with Gasteiger partial charge in [0.05, 0.1) is 5.69 Å². The molecule has 0 radical (unpaired) electrons. The Labute approximate surface area is 216 Å². The number of aromatic nitrogens is 3. The number of hydrogen-bond acceptors (Lipinski definition) is 4. The molecule has 0 amide bonds. The highest BCUT2D eigenvalue weighted by atomic mass is 16.5. The molecule has 0 N–H and O–H groups in total. The number of carbonyl (C=O) groups is 1. The van der Waals surface area contributed by atoms with Gasteiger partial charge in [-0.15, -0.1) is 0 Å². The van der Waals surface area contributed by atoms with Gasteiger partial charge < -0.3 is 4.74 Å². The first kappa shape index (κ1) is 22.9. The van der Waals surface area contributed by atoms with Gasteiger partial charge in [0.15, 0.2) is 5.78 Å². The molecule has 0 fully saturated rings. The van der Waals surface area contributed by atoms with Gasteiger partial charge in [-0.2, -0.15) is 5.10 Å². The van der Waals surface area contributed by atoms with E-state index in [0.717, 1.165) is 55.9 Å². The van der Waals surface area contributed by atoms with Crippen LogP contribution in [-0.2, 0) is 17.6 Å². The Bertz CT molecular complexity index is 1650. The molecule has 6 rings (SSSR count). The van der Waals surface area contributed by atoms with Gasteiger partial charge in [0.25, 0.3) is 0 Å². The van der Waals surface area contributed by atoms with E-state index in [9.17, 15) is 4.79 Å². The fraction of sp³-hybridized carbons (Fsp3) is 0.156. The highest BCUT2D eigenvalue weighted by molar-refractivity contribution is 5.99. The third-order valence-electron chi connectivity index (χ3n) is 6.88. The Morgan fingerprint density at radius 2 is 1.76 bits per heavy atom. The van der Waals surface area contributed by atoms with Gasteiger partial charge in [-0.1, -0.05) is 54.1 Å². The van der Waals surface area contributed by atoms with Crippen LogP contribution in [0.2, 0.25) is 0 Å². The maximum Gasteiger partial charge on any atom is 0.165 e. The molecule has 0 bridgehead atoms. The molecule has 5 nitrogen and oxygen atoms in total. The molecular formula is C32H27N3O2. The topological polar surface area (TPSA) is 57.0 Å². The molecule has 2 aromatic heterocycles. The summed E-state index contributed by atoms with van der Waals surface area (Å²) in [4.78, 5) is 18.1. The number of rotatable bonds is 6. The summed E-state index contributed by atoms with van der Waals surface area (Å²) in [5.41, 5.74) is 5.92. The number of allylic oxidation sites excluding steroid dienone is 2. The minimum atomic E-state index is -0.311. The van der Waals surface area contributed by atoms with Crippen LogP contribution in [0.3, 0.4) is 0 Å². The Hall–Kier alpha value is -4.51. The SMILES string of the molecule is CC1=C(C(=O)Cc2ccc3cnccc3c2)C(c2cccc(Oc3ccccc3)c2)n2nc(C)cc2C1. The number of ether oxygens (including phenoxy) is 1. The maximum absolute atomic E-state index is 13.9. The van der Waals surface area contributed by atoms with Crippen molar-refractivity contribution in [3.63, 3.8) is 0 Å². The fourth-order valence-electron chi connectivity index (χ4n) is 5.24. The summed E-state index contributed by atoms with van der Waals surface area (Å²) < 4.78 is 8.14. The molecule has 0 saturated heterocycles. The Morgan fingerprint density at radius 1 is 0.919 bits per heavy atom. The molecule has 0 aliphatic carbocycles. The molecule has 5 heteroatoms.